The van der Waals surface area contributed by atoms with Crippen molar-refractivity contribution in [1.29, 1.82) is 0 Å². The summed E-state index contributed by atoms with van der Waals surface area (Å²) in [4.78, 5) is 171. The van der Waals surface area contributed by atoms with E-state index in [0.717, 1.165) is 23.1 Å². The summed E-state index contributed by atoms with van der Waals surface area (Å²) in [5.41, 5.74) is 0.117. The lowest BCUT2D eigenvalue weighted by Gasteiger charge is -2.41. The molecule has 5 fully saturated rings. The molecule has 12 N–H and O–H groups in total. The van der Waals surface area contributed by atoms with Crippen LogP contribution in [-0.2, 0) is 117 Å². The molecule has 57 heteroatoms. The molecule has 0 bridgehead atoms. The number of halogens is 2. The highest BCUT2D eigenvalue weighted by atomic mass is 35.5. The zero-order valence-electron chi connectivity index (χ0n) is 72.0. The molecule has 47 nitrogen and oxygen atoms in total. The first-order valence-electron chi connectivity index (χ1n) is 39.7. The lowest BCUT2D eigenvalue weighted by molar-refractivity contribution is -0.141. The van der Waals surface area contributed by atoms with E-state index in [4.69, 9.17) is 80.9 Å². The summed E-state index contributed by atoms with van der Waals surface area (Å²) in [5.74, 6) is -2.62. The van der Waals surface area contributed by atoms with Gasteiger partial charge in [-0.25, -0.2) is 28.5 Å². The second-order valence-corrected chi connectivity index (χ2v) is 48.8. The summed E-state index contributed by atoms with van der Waals surface area (Å²) in [6, 6.07) is 35.6. The number of hydrogen-bond acceptors (Lipinski definition) is 37. The van der Waals surface area contributed by atoms with Gasteiger partial charge in [0.1, 0.15) is 29.5 Å². The third-order valence-electron chi connectivity index (χ3n) is 19.7. The van der Waals surface area contributed by atoms with Gasteiger partial charge in [-0.15, -0.1) is 0 Å². The van der Waals surface area contributed by atoms with Gasteiger partial charge in [-0.1, -0.05) is 90.0 Å². The van der Waals surface area contributed by atoms with Gasteiger partial charge in [-0.2, -0.15) is 0 Å². The number of imide groups is 1. The van der Waals surface area contributed by atoms with Crippen LogP contribution in [0.2, 0.25) is 5.02 Å². The Bertz CT molecular complexity index is 6250. The summed E-state index contributed by atoms with van der Waals surface area (Å²) in [7, 11) is -40.0. The number of carbonyl (C=O) groups is 6. The van der Waals surface area contributed by atoms with Gasteiger partial charge in [-0.05, 0) is 141 Å². The standard InChI is InChI=1S/C21H18ClNO10P2.C20H24N2O11P2.C20H25NO10P2.C19H19FN2O10P2/c22-17-11-15(8-9-18(17)31-20(24)30-16-6-2-1-3-7-16)19-32-34(26,27)21(25,35(28,29)33-19)12-14-5-4-10-23-13-14;1-14(23)30-11-10-22(2)19(24)31-17-7-5-16(6-8-17)18-32-34(26,27)20(25,35(28,29)33-18)12-15-4-3-9-21-13-15;1-13-7-8-16(28-18(22)29-19(2,3)4)15(10-13)17-30-32(24,25)20(23,33(26,27)31-17)11-14-6-5-9-21-12-14;20-14-9-13(5-6-15(14)30-18(24)22-8-2-4-16(22)23)17-31-33(26,27)19(25,34(28,29)32-17)10-12-3-1-7-21-11-12/h1-11,13,19,25H,12H2,(H,26,27)(H,28,29);3-9,13,18,25H,10-12H2,1-2H3,(H,26,27)(H,28,29);5-10,12,17,23H,11H2,1-4H3,(H,24,25)(H,26,27);1,3,5-7,9,11,17,25H,2,4,8,10H2,(H,26,27)(H,28,29). The monoisotopic (exact) mass is 2090 g/mol. The number of esters is 1. The van der Waals surface area contributed by atoms with Gasteiger partial charge in [0.2, 0.25) is 31.1 Å². The Labute approximate surface area is 781 Å². The number of amides is 3. The Kier molecular flexibility index (Phi) is 33.9. The van der Waals surface area contributed by atoms with Crippen molar-refractivity contribution in [2.75, 3.05) is 26.7 Å². The Morgan fingerprint density at radius 3 is 1.23 bits per heavy atom. The maximum absolute atomic E-state index is 14.6. The molecule has 8 unspecified atom stereocenters. The fraction of sp³-hybridized carbons (Fsp3) is 0.300. The van der Waals surface area contributed by atoms with Crippen LogP contribution in [0.15, 0.2) is 207 Å². The van der Waals surface area contributed by atoms with E-state index in [-0.39, 0.29) is 98.6 Å². The maximum atomic E-state index is 14.6. The highest BCUT2D eigenvalue weighted by Gasteiger charge is 2.71. The van der Waals surface area contributed by atoms with Gasteiger partial charge >= 0.3 is 91.2 Å². The molecule has 3 amide bonds. The van der Waals surface area contributed by atoms with Crippen LogP contribution in [0.1, 0.15) is 116 Å². The van der Waals surface area contributed by atoms with Crippen LogP contribution in [-0.4, -0.2) is 178 Å². The highest BCUT2D eigenvalue weighted by molar-refractivity contribution is 7.75. The molecule has 5 aromatic carbocycles. The van der Waals surface area contributed by atoms with E-state index in [0.29, 0.717) is 18.1 Å². The Morgan fingerprint density at radius 1 is 0.474 bits per heavy atom. The van der Waals surface area contributed by atoms with E-state index in [1.165, 1.54) is 166 Å². The minimum absolute atomic E-state index is 0.00814. The van der Waals surface area contributed by atoms with Crippen molar-refractivity contribution < 1.29 is 199 Å². The number of rotatable bonds is 20. The topological polar surface area (TPSA) is 678 Å². The molecule has 9 heterocycles. The van der Waals surface area contributed by atoms with Crippen LogP contribution in [0.4, 0.5) is 23.6 Å². The molecule has 5 aliphatic heterocycles. The van der Waals surface area contributed by atoms with Crippen LogP contribution in [0, 0.1) is 12.7 Å². The number of likely N-dealkylation sites (tertiary alicyclic amines) is 1. The molecule has 736 valence electrons. The first kappa shape index (κ1) is 108. The van der Waals surface area contributed by atoms with Crippen LogP contribution in [0.3, 0.4) is 0 Å². The minimum atomic E-state index is -5.25. The van der Waals surface area contributed by atoms with Gasteiger partial charge in [0.25, 0.3) is 20.3 Å². The molecular formula is C80H86ClFN6O41P8. The van der Waals surface area contributed by atoms with E-state index >= 15 is 0 Å². The number of aryl methyl sites for hydroxylation is 1. The highest BCUT2D eigenvalue weighted by Crippen LogP contribution is 2.83. The quantitative estimate of drug-likeness (QED) is 0.0191. The summed E-state index contributed by atoms with van der Waals surface area (Å²) in [5, 5.41) is 30.3. The lowest BCUT2D eigenvalue weighted by atomic mass is 10.1. The smallest absolute Gasteiger partial charge is 0.464 e. The lowest BCUT2D eigenvalue weighted by Crippen LogP contribution is -2.38. The van der Waals surface area contributed by atoms with Crippen LogP contribution in [0.25, 0.3) is 0 Å². The largest absolute Gasteiger partial charge is 0.519 e. The third kappa shape index (κ3) is 25.5. The number of hydrogen-bond donors (Lipinski definition) is 12. The molecule has 14 rings (SSSR count). The number of benzene rings is 5. The van der Waals surface area contributed by atoms with Gasteiger partial charge in [-0.3, -0.25) is 102 Å². The van der Waals surface area contributed by atoms with Crippen LogP contribution in [0.5, 0.6) is 28.7 Å². The van der Waals surface area contributed by atoms with Gasteiger partial charge in [0.05, 0.1) is 17.1 Å². The molecule has 0 aliphatic carbocycles. The molecule has 4 aromatic heterocycles. The maximum Gasteiger partial charge on any atom is 0.519 e. The van der Waals surface area contributed by atoms with E-state index < -0.39 is 185 Å². The van der Waals surface area contributed by atoms with Gasteiger partial charge in [0, 0.05) is 119 Å². The second kappa shape index (κ2) is 43.1. The van der Waals surface area contributed by atoms with E-state index in [9.17, 15) is 129 Å². The fourth-order valence-corrected chi connectivity index (χ4v) is 27.1. The Hall–Kier alpha value is -9.82. The average molecular weight is 2090 g/mol. The van der Waals surface area contributed by atoms with Crippen LogP contribution < -0.4 is 23.7 Å². The number of nitrogens with zero attached hydrogens (tertiary/aromatic N) is 6. The molecular weight excluding hydrogens is 2000 g/mol. The summed E-state index contributed by atoms with van der Waals surface area (Å²) in [6.07, 6.45) is -3.11. The number of aliphatic hydroxyl groups is 4. The van der Waals surface area contributed by atoms with Crippen molar-refractivity contribution >= 4 is 109 Å². The molecule has 0 spiro atoms. The van der Waals surface area contributed by atoms with E-state index in [1.54, 1.807) is 64.1 Å². The molecule has 0 saturated carbocycles. The minimum Gasteiger partial charge on any atom is -0.464 e. The van der Waals surface area contributed by atoms with Crippen molar-refractivity contribution in [3.63, 3.8) is 0 Å². The number of ether oxygens (including phenoxy) is 7. The van der Waals surface area contributed by atoms with Crippen molar-refractivity contribution in [2.45, 2.75) is 124 Å². The molecule has 8 atom stereocenters. The van der Waals surface area contributed by atoms with Gasteiger partial charge < -0.3 is 97.6 Å². The van der Waals surface area contributed by atoms with E-state index in [1.807, 2.05) is 0 Å². The summed E-state index contributed by atoms with van der Waals surface area (Å²) in [6.45, 7) is 8.03. The molecule has 5 aliphatic rings. The zero-order chi connectivity index (χ0) is 101. The van der Waals surface area contributed by atoms with Gasteiger partial charge in [0.15, 0.2) is 17.3 Å². The predicted molar refractivity (Wildman–Crippen MR) is 467 cm³/mol. The number of likely N-dealkylation sites (N-methyl/N-ethyl adjacent to an activating group) is 1. The number of para-hydroxylation sites is 1. The first-order chi connectivity index (χ1) is 63.9. The molecule has 137 heavy (non-hydrogen) atoms. The summed E-state index contributed by atoms with van der Waals surface area (Å²) >= 11 is 6.14. The van der Waals surface area contributed by atoms with Crippen molar-refractivity contribution in [1.82, 2.24) is 29.7 Å². The predicted octanol–water partition coefficient (Wildman–Crippen LogP) is 13.7. The third-order valence-corrected chi connectivity index (χ3v) is 38.4. The fourth-order valence-electron chi connectivity index (χ4n) is 12.6. The molecule has 5 saturated heterocycles. The Morgan fingerprint density at radius 2 is 0.854 bits per heavy atom. The normalized spacial score (nSPS) is 29.5. The van der Waals surface area contributed by atoms with E-state index in [2.05, 4.69) is 19.9 Å². The summed E-state index contributed by atoms with van der Waals surface area (Å²) < 4.78 is 193. The number of pyridine rings is 4. The molecule has 9 aromatic rings. The SMILES string of the molecule is CC(=O)OCCN(C)C(=O)Oc1ccc(C2OP(=O)(O)C(O)(Cc3cccnc3)P(=O)(O)O2)cc1.Cc1ccc(OC(=O)OC(C)(C)C)c(C2OP(=O)(O)C(O)(Cc3cccnc3)P(=O)(O)O2)c1.O=C(Oc1ccccc1)Oc1ccc(C2OP(=O)(O)C(O)(Cc3cccnc3)P(=O)(O)O2)cc1Cl.O=C1CCCN1C(=O)Oc1ccc(C2OP(=O)(O)C(O)(Cc3cccnc3)P(=O)(O)O2)cc1F. The number of aromatic nitrogens is 4. The van der Waals surface area contributed by atoms with Crippen LogP contribution >= 0.6 is 72.4 Å². The Balaban J connectivity index is 0.000000175. The average Bonchev–Trinajstić information content (AvgIpc) is 1.17. The van der Waals surface area contributed by atoms with Crippen molar-refractivity contribution in [3.8, 4) is 28.7 Å². The van der Waals surface area contributed by atoms with Crippen molar-refractivity contribution in [2.24, 2.45) is 0 Å². The molecule has 0 radical (unpaired) electrons. The number of carbonyl (C=O) groups excluding carboxylic acids is 6. The zero-order valence-corrected chi connectivity index (χ0v) is 79.9. The van der Waals surface area contributed by atoms with Crippen molar-refractivity contribution in [3.05, 3.63) is 268 Å². The first-order valence-corrected chi connectivity index (χ1v) is 52.7. The second-order valence-electron chi connectivity index (χ2n) is 31.1.